The van der Waals surface area contributed by atoms with E-state index >= 15 is 0 Å². The predicted octanol–water partition coefficient (Wildman–Crippen LogP) is 2.88. The zero-order valence-electron chi connectivity index (χ0n) is 12.9. The molecule has 1 aromatic carbocycles. The number of para-hydroxylation sites is 1. The lowest BCUT2D eigenvalue weighted by atomic mass is 9.97. The summed E-state index contributed by atoms with van der Waals surface area (Å²) in [4.78, 5) is 12.4. The Kier molecular flexibility index (Phi) is 4.15. The Balaban J connectivity index is 1.60. The van der Waals surface area contributed by atoms with Crippen molar-refractivity contribution in [2.45, 2.75) is 57.5 Å². The Morgan fingerprint density at radius 1 is 1.29 bits per heavy atom. The van der Waals surface area contributed by atoms with Crippen molar-refractivity contribution in [3.8, 4) is 0 Å². The molecular weight excluding hydrogens is 262 g/mol. The molecule has 0 radical (unpaired) electrons. The molecule has 2 aliphatic heterocycles. The number of rotatable bonds is 3. The van der Waals surface area contributed by atoms with Gasteiger partial charge in [-0.15, -0.1) is 0 Å². The molecule has 2 N–H and O–H groups in total. The Morgan fingerprint density at radius 3 is 2.76 bits per heavy atom. The third kappa shape index (κ3) is 3.05. The monoisotopic (exact) mass is 287 g/mol. The Morgan fingerprint density at radius 2 is 2.00 bits per heavy atom. The minimum atomic E-state index is 0.138. The van der Waals surface area contributed by atoms with E-state index in [0.29, 0.717) is 18.5 Å². The number of fused-ring (bicyclic) bond motifs is 1. The van der Waals surface area contributed by atoms with Gasteiger partial charge < -0.3 is 5.32 Å². The molecular formula is C17H25N3O. The zero-order chi connectivity index (χ0) is 14.8. The summed E-state index contributed by atoms with van der Waals surface area (Å²) >= 11 is 0. The molecule has 2 aliphatic rings. The number of hydrogen-bond acceptors (Lipinski definition) is 3. The summed E-state index contributed by atoms with van der Waals surface area (Å²) in [6.45, 7) is 5.25. The number of hydrazine groups is 1. The van der Waals surface area contributed by atoms with E-state index in [-0.39, 0.29) is 11.8 Å². The van der Waals surface area contributed by atoms with Crippen LogP contribution in [0.1, 0.15) is 51.0 Å². The lowest BCUT2D eigenvalue weighted by molar-refractivity contribution is -0.129. The van der Waals surface area contributed by atoms with Gasteiger partial charge >= 0.3 is 0 Å². The summed E-state index contributed by atoms with van der Waals surface area (Å²) in [5.74, 6) is 0.427. The van der Waals surface area contributed by atoms with Crippen molar-refractivity contribution in [2.75, 3.05) is 11.9 Å². The van der Waals surface area contributed by atoms with Gasteiger partial charge in [-0.05, 0) is 38.3 Å². The highest BCUT2D eigenvalue weighted by Gasteiger charge is 2.28. The highest BCUT2D eigenvalue weighted by Crippen LogP contribution is 2.33. The van der Waals surface area contributed by atoms with Gasteiger partial charge in [0.2, 0.25) is 5.91 Å². The van der Waals surface area contributed by atoms with Crippen LogP contribution in [0.15, 0.2) is 24.3 Å². The molecule has 1 fully saturated rings. The number of benzene rings is 1. The fraction of sp³-hybridized carbons (Fsp3) is 0.588. The normalized spacial score (nSPS) is 28.8. The average molecular weight is 287 g/mol. The Hall–Kier alpha value is -1.55. The van der Waals surface area contributed by atoms with Crippen molar-refractivity contribution < 1.29 is 4.79 Å². The third-order valence-electron chi connectivity index (χ3n) is 4.82. The number of hydrogen-bond donors (Lipinski definition) is 2. The maximum atomic E-state index is 12.4. The van der Waals surface area contributed by atoms with Crippen molar-refractivity contribution in [1.82, 2.24) is 10.4 Å². The molecule has 3 unspecified atom stereocenters. The average Bonchev–Trinajstić information content (AvgIpc) is 2.87. The molecule has 4 nitrogen and oxygen atoms in total. The van der Waals surface area contributed by atoms with E-state index in [2.05, 4.69) is 41.7 Å². The molecule has 114 valence electrons. The highest BCUT2D eigenvalue weighted by atomic mass is 16.2. The van der Waals surface area contributed by atoms with Crippen LogP contribution in [0.25, 0.3) is 0 Å². The van der Waals surface area contributed by atoms with Crippen LogP contribution in [0.3, 0.4) is 0 Å². The lowest BCUT2D eigenvalue weighted by Gasteiger charge is -2.38. The Bertz CT molecular complexity index is 507. The van der Waals surface area contributed by atoms with Gasteiger partial charge in [0.1, 0.15) is 0 Å². The highest BCUT2D eigenvalue weighted by molar-refractivity contribution is 5.77. The first-order valence-electron chi connectivity index (χ1n) is 8.05. The molecule has 3 atom stereocenters. The van der Waals surface area contributed by atoms with Crippen LogP contribution < -0.4 is 10.7 Å². The van der Waals surface area contributed by atoms with Gasteiger partial charge in [0.15, 0.2) is 0 Å². The molecule has 1 aromatic rings. The number of nitrogens with zero attached hydrogens (tertiary/aromatic N) is 1. The molecule has 0 spiro atoms. The largest absolute Gasteiger partial charge is 0.384 e. The second kappa shape index (κ2) is 6.06. The predicted molar refractivity (Wildman–Crippen MR) is 85.0 cm³/mol. The molecule has 0 bridgehead atoms. The first-order chi connectivity index (χ1) is 10.1. The number of piperidine rings is 1. The third-order valence-corrected chi connectivity index (χ3v) is 4.82. The van der Waals surface area contributed by atoms with Gasteiger partial charge in [-0.1, -0.05) is 24.6 Å². The van der Waals surface area contributed by atoms with Crippen molar-refractivity contribution in [3.05, 3.63) is 29.8 Å². The molecule has 21 heavy (non-hydrogen) atoms. The maximum Gasteiger partial charge on any atom is 0.234 e. The molecule has 1 amide bonds. The van der Waals surface area contributed by atoms with Crippen LogP contribution >= 0.6 is 0 Å². The van der Waals surface area contributed by atoms with Gasteiger partial charge in [0.05, 0.1) is 0 Å². The first kappa shape index (κ1) is 14.4. The van der Waals surface area contributed by atoms with E-state index in [1.807, 2.05) is 12.1 Å². The van der Waals surface area contributed by atoms with Crippen molar-refractivity contribution in [3.63, 3.8) is 0 Å². The summed E-state index contributed by atoms with van der Waals surface area (Å²) in [6.07, 6.45) is 4.14. The number of amides is 1. The smallest absolute Gasteiger partial charge is 0.234 e. The van der Waals surface area contributed by atoms with Crippen molar-refractivity contribution >= 4 is 11.6 Å². The molecule has 2 heterocycles. The van der Waals surface area contributed by atoms with Crippen LogP contribution in [0.4, 0.5) is 5.69 Å². The summed E-state index contributed by atoms with van der Waals surface area (Å²) in [7, 11) is 0. The fourth-order valence-corrected chi connectivity index (χ4v) is 3.59. The van der Waals surface area contributed by atoms with Gasteiger partial charge in [0.25, 0.3) is 0 Å². The number of carbonyl (C=O) groups excluding carboxylic acids is 1. The lowest BCUT2D eigenvalue weighted by Crippen LogP contribution is -2.54. The van der Waals surface area contributed by atoms with Gasteiger partial charge in [-0.2, -0.15) is 0 Å². The van der Waals surface area contributed by atoms with Crippen LogP contribution in [-0.4, -0.2) is 29.5 Å². The standard InChI is InChI=1S/C17H25N3O/c1-12-6-5-7-13(2)20(12)19-17(21)10-14-11-18-16-9-4-3-8-15(14)16/h3-4,8-9,12-14,18H,5-7,10-11H2,1-2H3,(H,19,21). The minimum absolute atomic E-state index is 0.138. The maximum absolute atomic E-state index is 12.4. The van der Waals surface area contributed by atoms with E-state index in [0.717, 1.165) is 6.54 Å². The molecule has 3 rings (SSSR count). The first-order valence-corrected chi connectivity index (χ1v) is 8.05. The molecule has 4 heteroatoms. The van der Waals surface area contributed by atoms with E-state index < -0.39 is 0 Å². The summed E-state index contributed by atoms with van der Waals surface area (Å²) < 4.78 is 0. The number of anilines is 1. The van der Waals surface area contributed by atoms with E-state index in [1.165, 1.54) is 30.5 Å². The van der Waals surface area contributed by atoms with E-state index in [9.17, 15) is 4.79 Å². The second-order valence-corrected chi connectivity index (χ2v) is 6.44. The summed E-state index contributed by atoms with van der Waals surface area (Å²) in [5, 5.41) is 5.54. The van der Waals surface area contributed by atoms with Crippen molar-refractivity contribution in [2.24, 2.45) is 0 Å². The number of nitrogens with one attached hydrogen (secondary N) is 2. The van der Waals surface area contributed by atoms with Gasteiger partial charge in [-0.3, -0.25) is 10.2 Å². The topological polar surface area (TPSA) is 44.4 Å². The Labute approximate surface area is 126 Å². The minimum Gasteiger partial charge on any atom is -0.384 e. The number of carbonyl (C=O) groups is 1. The summed E-state index contributed by atoms with van der Waals surface area (Å²) in [6, 6.07) is 9.16. The fourth-order valence-electron chi connectivity index (χ4n) is 3.59. The van der Waals surface area contributed by atoms with Crippen LogP contribution in [0, 0.1) is 0 Å². The van der Waals surface area contributed by atoms with Gasteiger partial charge in [-0.25, -0.2) is 5.01 Å². The molecule has 0 aliphatic carbocycles. The molecule has 0 aromatic heterocycles. The molecule has 0 saturated carbocycles. The zero-order valence-corrected chi connectivity index (χ0v) is 12.9. The molecule has 1 saturated heterocycles. The SMILES string of the molecule is CC1CCCC(C)N1NC(=O)CC1CNc2ccccc21. The summed E-state index contributed by atoms with van der Waals surface area (Å²) in [5.41, 5.74) is 5.59. The second-order valence-electron chi connectivity index (χ2n) is 6.44. The van der Waals surface area contributed by atoms with E-state index in [1.54, 1.807) is 0 Å². The van der Waals surface area contributed by atoms with Gasteiger partial charge in [0, 0.05) is 36.7 Å². The van der Waals surface area contributed by atoms with Crippen LogP contribution in [0.5, 0.6) is 0 Å². The quantitative estimate of drug-likeness (QED) is 0.898. The van der Waals surface area contributed by atoms with Crippen LogP contribution in [0.2, 0.25) is 0 Å². The van der Waals surface area contributed by atoms with Crippen LogP contribution in [-0.2, 0) is 4.79 Å². The van der Waals surface area contributed by atoms with E-state index in [4.69, 9.17) is 0 Å². The van der Waals surface area contributed by atoms with Crippen molar-refractivity contribution in [1.29, 1.82) is 0 Å².